The number of rotatable bonds is 10. The van der Waals surface area contributed by atoms with Gasteiger partial charge in [-0.1, -0.05) is 13.8 Å². The van der Waals surface area contributed by atoms with Gasteiger partial charge in [-0.3, -0.25) is 5.10 Å². The van der Waals surface area contributed by atoms with E-state index in [0.717, 1.165) is 19.5 Å². The third-order valence-electron chi connectivity index (χ3n) is 3.21. The van der Waals surface area contributed by atoms with Crippen molar-refractivity contribution in [1.29, 1.82) is 0 Å². The van der Waals surface area contributed by atoms with Crippen molar-refractivity contribution < 1.29 is 8.42 Å². The van der Waals surface area contributed by atoms with Gasteiger partial charge in [-0.05, 0) is 33.6 Å². The monoisotopic (exact) mass is 317 g/mol. The topological polar surface area (TPSA) is 81.3 Å². The molecule has 0 amide bonds. The first-order valence-corrected chi connectivity index (χ1v) is 8.75. The van der Waals surface area contributed by atoms with Crippen molar-refractivity contribution in [2.24, 2.45) is 0 Å². The van der Waals surface area contributed by atoms with Crippen LogP contribution in [0.2, 0.25) is 0 Å². The summed E-state index contributed by atoms with van der Waals surface area (Å²) in [7, 11) is 0.451. The Morgan fingerprint density at radius 3 is 2.57 bits per heavy atom. The predicted molar refractivity (Wildman–Crippen MR) is 83.6 cm³/mol. The van der Waals surface area contributed by atoms with E-state index in [1.54, 1.807) is 6.20 Å². The number of hydrogen-bond acceptors (Lipinski definition) is 5. The number of aromatic amines is 1. The van der Waals surface area contributed by atoms with Gasteiger partial charge in [-0.2, -0.15) is 9.40 Å². The van der Waals surface area contributed by atoms with E-state index in [-0.39, 0.29) is 5.03 Å². The Bertz CT molecular complexity index is 512. The first kappa shape index (κ1) is 18.1. The Balaban J connectivity index is 2.84. The summed E-state index contributed by atoms with van der Waals surface area (Å²) in [4.78, 5) is 2.05. The lowest BCUT2D eigenvalue weighted by atomic mass is 10.3. The molecule has 0 spiro atoms. The number of hydrogen-bond donors (Lipinski definition) is 2. The van der Waals surface area contributed by atoms with E-state index in [0.29, 0.717) is 25.2 Å². The van der Waals surface area contributed by atoms with Gasteiger partial charge in [0.1, 0.15) is 0 Å². The predicted octanol–water partition coefficient (Wildman–Crippen LogP) is 0.482. The summed E-state index contributed by atoms with van der Waals surface area (Å²) in [5, 5.41) is 9.86. The molecule has 8 heteroatoms. The first-order chi connectivity index (χ1) is 9.93. The van der Waals surface area contributed by atoms with Gasteiger partial charge < -0.3 is 10.2 Å². The van der Waals surface area contributed by atoms with Crippen LogP contribution in [0.4, 0.5) is 0 Å². The van der Waals surface area contributed by atoms with E-state index >= 15 is 0 Å². The van der Waals surface area contributed by atoms with Gasteiger partial charge in [0, 0.05) is 25.2 Å². The van der Waals surface area contributed by atoms with Crippen molar-refractivity contribution in [3.8, 4) is 0 Å². The summed E-state index contributed by atoms with van der Waals surface area (Å²) in [6, 6.07) is 0. The van der Waals surface area contributed by atoms with Crippen LogP contribution in [0, 0.1) is 0 Å². The third kappa shape index (κ3) is 5.06. The minimum Gasteiger partial charge on any atom is -0.313 e. The largest absolute Gasteiger partial charge is 0.313 e. The van der Waals surface area contributed by atoms with Crippen LogP contribution in [0.5, 0.6) is 0 Å². The van der Waals surface area contributed by atoms with Gasteiger partial charge in [-0.15, -0.1) is 0 Å². The van der Waals surface area contributed by atoms with Crippen LogP contribution < -0.4 is 5.32 Å². The van der Waals surface area contributed by atoms with E-state index in [9.17, 15) is 8.42 Å². The Labute approximate surface area is 127 Å². The Morgan fingerprint density at radius 2 is 2.00 bits per heavy atom. The average Bonchev–Trinajstić information content (AvgIpc) is 2.89. The van der Waals surface area contributed by atoms with Crippen molar-refractivity contribution in [3.05, 3.63) is 11.8 Å². The van der Waals surface area contributed by atoms with E-state index in [2.05, 4.69) is 15.5 Å². The minimum absolute atomic E-state index is 0.204. The standard InChI is InChI=1S/C13H27N5O2S/c1-5-14-10-12-11-15-16-13(12)21(19,20)18(6-2)9-7-8-17(3)4/h11,14H,5-10H2,1-4H3,(H,15,16). The lowest BCUT2D eigenvalue weighted by Crippen LogP contribution is -2.34. The molecule has 0 unspecified atom stereocenters. The number of nitrogens with one attached hydrogen (secondary N) is 2. The molecule has 0 fully saturated rings. The maximum Gasteiger partial charge on any atom is 0.260 e. The number of nitrogens with zero attached hydrogens (tertiary/aromatic N) is 3. The van der Waals surface area contributed by atoms with Crippen molar-refractivity contribution in [2.75, 3.05) is 40.3 Å². The smallest absolute Gasteiger partial charge is 0.260 e. The van der Waals surface area contributed by atoms with Gasteiger partial charge in [0.2, 0.25) is 0 Å². The summed E-state index contributed by atoms with van der Waals surface area (Å²) in [5.74, 6) is 0. The third-order valence-corrected chi connectivity index (χ3v) is 5.20. The average molecular weight is 317 g/mol. The van der Waals surface area contributed by atoms with Gasteiger partial charge in [0.05, 0.1) is 6.20 Å². The van der Waals surface area contributed by atoms with E-state index in [1.165, 1.54) is 4.31 Å². The Morgan fingerprint density at radius 1 is 1.29 bits per heavy atom. The zero-order valence-electron chi connectivity index (χ0n) is 13.4. The number of sulfonamides is 1. The molecule has 21 heavy (non-hydrogen) atoms. The molecule has 0 bridgehead atoms. The molecule has 2 N–H and O–H groups in total. The van der Waals surface area contributed by atoms with Crippen LogP contribution in [0.25, 0.3) is 0 Å². The summed E-state index contributed by atoms with van der Waals surface area (Å²) >= 11 is 0. The minimum atomic E-state index is -3.51. The van der Waals surface area contributed by atoms with Crippen LogP contribution in [-0.4, -0.2) is 68.1 Å². The fourth-order valence-electron chi connectivity index (χ4n) is 2.05. The van der Waals surface area contributed by atoms with Gasteiger partial charge in [-0.25, -0.2) is 8.42 Å². The van der Waals surface area contributed by atoms with Crippen LogP contribution in [0.15, 0.2) is 11.2 Å². The molecule has 0 aromatic carbocycles. The molecule has 1 aromatic heterocycles. The second kappa shape index (κ2) is 8.47. The highest BCUT2D eigenvalue weighted by Crippen LogP contribution is 2.17. The van der Waals surface area contributed by atoms with Crippen molar-refractivity contribution >= 4 is 10.0 Å². The van der Waals surface area contributed by atoms with E-state index in [1.807, 2.05) is 32.8 Å². The fraction of sp³-hybridized carbons (Fsp3) is 0.769. The summed E-state index contributed by atoms with van der Waals surface area (Å²) in [6.45, 7) is 6.94. The molecule has 1 aromatic rings. The zero-order valence-corrected chi connectivity index (χ0v) is 14.2. The molecule has 1 heterocycles. The lowest BCUT2D eigenvalue weighted by molar-refractivity contribution is 0.355. The van der Waals surface area contributed by atoms with Crippen LogP contribution >= 0.6 is 0 Å². The molecule has 0 saturated carbocycles. The highest BCUT2D eigenvalue weighted by molar-refractivity contribution is 7.89. The van der Waals surface area contributed by atoms with Gasteiger partial charge in [0.25, 0.3) is 10.0 Å². The van der Waals surface area contributed by atoms with Gasteiger partial charge in [0.15, 0.2) is 5.03 Å². The second-order valence-corrected chi connectivity index (χ2v) is 7.03. The summed E-state index contributed by atoms with van der Waals surface area (Å²) < 4.78 is 26.9. The molecule has 0 saturated heterocycles. The first-order valence-electron chi connectivity index (χ1n) is 7.31. The molecule has 0 aliphatic heterocycles. The second-order valence-electron chi connectivity index (χ2n) is 5.16. The van der Waals surface area contributed by atoms with E-state index < -0.39 is 10.0 Å². The van der Waals surface area contributed by atoms with Crippen LogP contribution in [-0.2, 0) is 16.6 Å². The van der Waals surface area contributed by atoms with Crippen molar-refractivity contribution in [3.63, 3.8) is 0 Å². The highest BCUT2D eigenvalue weighted by atomic mass is 32.2. The SMILES string of the molecule is CCNCc1cn[nH]c1S(=O)(=O)N(CC)CCCN(C)C. The molecule has 0 atom stereocenters. The molecule has 122 valence electrons. The summed E-state index contributed by atoms with van der Waals surface area (Å²) in [6.07, 6.45) is 2.37. The van der Waals surface area contributed by atoms with Crippen LogP contribution in [0.3, 0.4) is 0 Å². The maximum atomic E-state index is 12.7. The fourth-order valence-corrected chi connectivity index (χ4v) is 3.64. The molecule has 0 aliphatic rings. The highest BCUT2D eigenvalue weighted by Gasteiger charge is 2.27. The number of aromatic nitrogens is 2. The van der Waals surface area contributed by atoms with Crippen LogP contribution in [0.1, 0.15) is 25.8 Å². The quantitative estimate of drug-likeness (QED) is 0.656. The lowest BCUT2D eigenvalue weighted by Gasteiger charge is -2.21. The Kier molecular flexibility index (Phi) is 7.30. The summed E-state index contributed by atoms with van der Waals surface area (Å²) in [5.41, 5.74) is 0.683. The molecule has 1 rings (SSSR count). The number of H-pyrrole nitrogens is 1. The zero-order chi connectivity index (χ0) is 15.9. The normalized spacial score (nSPS) is 12.5. The van der Waals surface area contributed by atoms with E-state index in [4.69, 9.17) is 0 Å². The van der Waals surface area contributed by atoms with Crippen molar-refractivity contribution in [2.45, 2.75) is 31.8 Å². The Hall–Kier alpha value is -0.960. The van der Waals surface area contributed by atoms with Crippen molar-refractivity contribution in [1.82, 2.24) is 24.7 Å². The van der Waals surface area contributed by atoms with Gasteiger partial charge >= 0.3 is 0 Å². The maximum absolute atomic E-state index is 12.7. The molecule has 7 nitrogen and oxygen atoms in total. The molecule has 0 aliphatic carbocycles. The molecular formula is C13H27N5O2S. The molecule has 0 radical (unpaired) electrons. The molecular weight excluding hydrogens is 290 g/mol.